The second-order valence-electron chi connectivity index (χ2n) is 5.02. The Balaban J connectivity index is 2.35. The Labute approximate surface area is 112 Å². The zero-order chi connectivity index (χ0) is 13.6. The van der Waals surface area contributed by atoms with Crippen molar-refractivity contribution in [2.75, 3.05) is 5.73 Å². The van der Waals surface area contributed by atoms with Crippen molar-refractivity contribution in [1.29, 1.82) is 0 Å². The molecular weight excluding hydrogens is 234 g/mol. The van der Waals surface area contributed by atoms with Gasteiger partial charge in [-0.3, -0.25) is 4.98 Å². The third-order valence-electron chi connectivity index (χ3n) is 3.69. The van der Waals surface area contributed by atoms with Crippen molar-refractivity contribution in [3.05, 3.63) is 47.8 Å². The zero-order valence-electron chi connectivity index (χ0n) is 11.4. The summed E-state index contributed by atoms with van der Waals surface area (Å²) in [5, 5.41) is 1.24. The van der Waals surface area contributed by atoms with E-state index in [0.717, 1.165) is 5.69 Å². The topological polar surface area (TPSA) is 43.8 Å². The molecule has 0 bridgehead atoms. The highest BCUT2D eigenvalue weighted by molar-refractivity contribution is 5.97. The van der Waals surface area contributed by atoms with E-state index < -0.39 is 0 Å². The SMILES string of the molecule is Cc1ccc2c(-c3ccc(N)cn3)c(C)n(C)c2c1. The Hall–Kier alpha value is -2.29. The van der Waals surface area contributed by atoms with Crippen molar-refractivity contribution >= 4 is 16.6 Å². The van der Waals surface area contributed by atoms with Gasteiger partial charge in [-0.05, 0) is 37.6 Å². The summed E-state index contributed by atoms with van der Waals surface area (Å²) in [4.78, 5) is 4.46. The molecule has 2 heterocycles. The molecule has 19 heavy (non-hydrogen) atoms. The maximum atomic E-state index is 5.71. The summed E-state index contributed by atoms with van der Waals surface area (Å²) < 4.78 is 2.22. The molecule has 0 saturated carbocycles. The van der Waals surface area contributed by atoms with E-state index in [0.29, 0.717) is 5.69 Å². The molecule has 96 valence electrons. The molecule has 0 aliphatic heterocycles. The van der Waals surface area contributed by atoms with Gasteiger partial charge in [-0.2, -0.15) is 0 Å². The van der Waals surface area contributed by atoms with Crippen LogP contribution in [0.2, 0.25) is 0 Å². The van der Waals surface area contributed by atoms with E-state index in [2.05, 4.69) is 48.6 Å². The first-order valence-electron chi connectivity index (χ1n) is 6.35. The van der Waals surface area contributed by atoms with Gasteiger partial charge >= 0.3 is 0 Å². The van der Waals surface area contributed by atoms with E-state index in [1.165, 1.54) is 27.7 Å². The van der Waals surface area contributed by atoms with E-state index in [1.54, 1.807) is 6.20 Å². The average molecular weight is 251 g/mol. The number of hydrogen-bond acceptors (Lipinski definition) is 2. The largest absolute Gasteiger partial charge is 0.397 e. The fraction of sp³-hybridized carbons (Fsp3) is 0.188. The molecule has 2 aromatic heterocycles. The minimum absolute atomic E-state index is 0.692. The van der Waals surface area contributed by atoms with E-state index in [-0.39, 0.29) is 0 Å². The van der Waals surface area contributed by atoms with Crippen molar-refractivity contribution in [2.24, 2.45) is 7.05 Å². The predicted octanol–water partition coefficient (Wildman–Crippen LogP) is 3.44. The standard InChI is InChI=1S/C16H17N3/c1-10-4-6-13-15(8-10)19(3)11(2)16(13)14-7-5-12(17)9-18-14/h4-9H,17H2,1-3H3. The quantitative estimate of drug-likeness (QED) is 0.720. The Bertz CT molecular complexity index is 752. The summed E-state index contributed by atoms with van der Waals surface area (Å²) in [5.41, 5.74) is 12.3. The average Bonchev–Trinajstić information content (AvgIpc) is 2.64. The van der Waals surface area contributed by atoms with E-state index >= 15 is 0 Å². The number of aromatic nitrogens is 2. The third kappa shape index (κ3) is 1.78. The smallest absolute Gasteiger partial charge is 0.0727 e. The number of anilines is 1. The van der Waals surface area contributed by atoms with Gasteiger partial charge in [0.25, 0.3) is 0 Å². The number of fused-ring (bicyclic) bond motifs is 1. The molecular formula is C16H17N3. The number of hydrogen-bond donors (Lipinski definition) is 1. The number of pyridine rings is 1. The lowest BCUT2D eigenvalue weighted by atomic mass is 10.1. The summed E-state index contributed by atoms with van der Waals surface area (Å²) in [5.74, 6) is 0. The minimum Gasteiger partial charge on any atom is -0.397 e. The summed E-state index contributed by atoms with van der Waals surface area (Å²) >= 11 is 0. The van der Waals surface area contributed by atoms with Gasteiger partial charge in [0.15, 0.2) is 0 Å². The second-order valence-corrected chi connectivity index (χ2v) is 5.02. The number of nitrogen functional groups attached to an aromatic ring is 1. The van der Waals surface area contributed by atoms with Crippen LogP contribution in [0.3, 0.4) is 0 Å². The summed E-state index contributed by atoms with van der Waals surface area (Å²) in [6.07, 6.45) is 1.71. The molecule has 0 unspecified atom stereocenters. The Kier molecular flexibility index (Phi) is 2.56. The van der Waals surface area contributed by atoms with Gasteiger partial charge < -0.3 is 10.3 Å². The van der Waals surface area contributed by atoms with Crippen LogP contribution in [-0.2, 0) is 7.05 Å². The molecule has 0 aliphatic carbocycles. The van der Waals surface area contributed by atoms with Gasteiger partial charge in [0.1, 0.15) is 0 Å². The van der Waals surface area contributed by atoms with Gasteiger partial charge in [-0.25, -0.2) is 0 Å². The molecule has 0 radical (unpaired) electrons. The maximum Gasteiger partial charge on any atom is 0.0727 e. The van der Waals surface area contributed by atoms with Crippen molar-refractivity contribution in [3.8, 4) is 11.3 Å². The lowest BCUT2D eigenvalue weighted by Crippen LogP contribution is -1.92. The zero-order valence-corrected chi connectivity index (χ0v) is 11.4. The van der Waals surface area contributed by atoms with Crippen LogP contribution >= 0.6 is 0 Å². The Morgan fingerprint density at radius 1 is 1.11 bits per heavy atom. The van der Waals surface area contributed by atoms with Crippen LogP contribution < -0.4 is 5.73 Å². The van der Waals surface area contributed by atoms with Crippen LogP contribution in [0, 0.1) is 13.8 Å². The lowest BCUT2D eigenvalue weighted by Gasteiger charge is -2.02. The fourth-order valence-electron chi connectivity index (χ4n) is 2.55. The minimum atomic E-state index is 0.692. The van der Waals surface area contributed by atoms with Crippen molar-refractivity contribution in [3.63, 3.8) is 0 Å². The molecule has 3 nitrogen and oxygen atoms in total. The van der Waals surface area contributed by atoms with Gasteiger partial charge in [0.2, 0.25) is 0 Å². The van der Waals surface area contributed by atoms with E-state index in [9.17, 15) is 0 Å². The first kappa shape index (κ1) is 11.8. The van der Waals surface area contributed by atoms with Crippen molar-refractivity contribution in [2.45, 2.75) is 13.8 Å². The molecule has 1 aromatic carbocycles. The maximum absolute atomic E-state index is 5.71. The highest BCUT2D eigenvalue weighted by Crippen LogP contribution is 2.33. The van der Waals surface area contributed by atoms with Gasteiger partial charge in [0, 0.05) is 29.2 Å². The molecule has 0 fully saturated rings. The highest BCUT2D eigenvalue weighted by Gasteiger charge is 2.14. The predicted molar refractivity (Wildman–Crippen MR) is 80.0 cm³/mol. The van der Waals surface area contributed by atoms with Crippen LogP contribution in [0.5, 0.6) is 0 Å². The normalized spacial score (nSPS) is 11.1. The molecule has 0 spiro atoms. The van der Waals surface area contributed by atoms with E-state index in [1.807, 2.05) is 12.1 Å². The van der Waals surface area contributed by atoms with Gasteiger partial charge in [0.05, 0.1) is 17.6 Å². The number of aryl methyl sites for hydroxylation is 2. The molecule has 3 heteroatoms. The molecule has 3 rings (SSSR count). The van der Waals surface area contributed by atoms with Crippen molar-refractivity contribution in [1.82, 2.24) is 9.55 Å². The highest BCUT2D eigenvalue weighted by atomic mass is 14.9. The van der Waals surface area contributed by atoms with Crippen LogP contribution in [0.25, 0.3) is 22.2 Å². The first-order chi connectivity index (χ1) is 9.08. The molecule has 0 aliphatic rings. The van der Waals surface area contributed by atoms with E-state index in [4.69, 9.17) is 5.73 Å². The lowest BCUT2D eigenvalue weighted by molar-refractivity contribution is 0.918. The Morgan fingerprint density at radius 3 is 2.58 bits per heavy atom. The number of benzene rings is 1. The summed E-state index contributed by atoms with van der Waals surface area (Å²) in [6.45, 7) is 4.24. The molecule has 0 atom stereocenters. The monoisotopic (exact) mass is 251 g/mol. The summed E-state index contributed by atoms with van der Waals surface area (Å²) in [7, 11) is 2.10. The second kappa shape index (κ2) is 4.12. The molecule has 2 N–H and O–H groups in total. The van der Waals surface area contributed by atoms with Crippen LogP contribution in [-0.4, -0.2) is 9.55 Å². The number of nitrogens with two attached hydrogens (primary N) is 1. The molecule has 0 saturated heterocycles. The third-order valence-corrected chi connectivity index (χ3v) is 3.69. The van der Waals surface area contributed by atoms with Crippen LogP contribution in [0.4, 0.5) is 5.69 Å². The number of rotatable bonds is 1. The molecule has 3 aromatic rings. The van der Waals surface area contributed by atoms with Crippen molar-refractivity contribution < 1.29 is 0 Å². The molecule has 0 amide bonds. The number of nitrogens with zero attached hydrogens (tertiary/aromatic N) is 2. The summed E-state index contributed by atoms with van der Waals surface area (Å²) in [6, 6.07) is 10.4. The van der Waals surface area contributed by atoms with Crippen LogP contribution in [0.1, 0.15) is 11.3 Å². The Morgan fingerprint density at radius 2 is 1.89 bits per heavy atom. The van der Waals surface area contributed by atoms with Gasteiger partial charge in [-0.15, -0.1) is 0 Å². The first-order valence-corrected chi connectivity index (χ1v) is 6.35. The van der Waals surface area contributed by atoms with Gasteiger partial charge in [-0.1, -0.05) is 12.1 Å². The van der Waals surface area contributed by atoms with Crippen LogP contribution in [0.15, 0.2) is 36.5 Å². The fourth-order valence-corrected chi connectivity index (χ4v) is 2.55.